The van der Waals surface area contributed by atoms with Crippen molar-refractivity contribution < 1.29 is 27.8 Å². The standard InChI is InChI=1S/C14H11F3N2O4/c1-23-13-9(17)8(16)10(18)7-11(13)19(6-2-5(6)15)3-4(12(7)20)14(21)22/h3,5-6H,2,18H2,1H3,(H,21,22)/t5-,6+/m0/s1. The third-order valence-corrected chi connectivity index (χ3v) is 3.82. The number of nitrogens with zero attached hydrogens (tertiary/aromatic N) is 1. The van der Waals surface area contributed by atoms with Gasteiger partial charge in [-0.2, -0.15) is 4.39 Å². The lowest BCUT2D eigenvalue weighted by molar-refractivity contribution is 0.0694. The summed E-state index contributed by atoms with van der Waals surface area (Å²) in [5, 5.41) is 8.57. The van der Waals surface area contributed by atoms with Crippen LogP contribution in [0.5, 0.6) is 5.75 Å². The lowest BCUT2D eigenvalue weighted by Gasteiger charge is -2.17. The Balaban J connectivity index is 2.57. The first-order valence-electron chi connectivity index (χ1n) is 6.56. The van der Waals surface area contributed by atoms with Gasteiger partial charge in [-0.1, -0.05) is 0 Å². The molecule has 9 heteroatoms. The van der Waals surface area contributed by atoms with Crippen molar-refractivity contribution in [3.05, 3.63) is 33.6 Å². The highest BCUT2D eigenvalue weighted by molar-refractivity contribution is 6.00. The number of hydrogen-bond acceptors (Lipinski definition) is 4. The van der Waals surface area contributed by atoms with E-state index in [0.717, 1.165) is 17.9 Å². The molecule has 0 saturated heterocycles. The summed E-state index contributed by atoms with van der Waals surface area (Å²) < 4.78 is 47.3. The maximum atomic E-state index is 14.0. The van der Waals surface area contributed by atoms with Crippen LogP contribution < -0.4 is 15.9 Å². The maximum Gasteiger partial charge on any atom is 0.341 e. The summed E-state index contributed by atoms with van der Waals surface area (Å²) in [4.78, 5) is 23.5. The topological polar surface area (TPSA) is 94.6 Å². The molecule has 23 heavy (non-hydrogen) atoms. The lowest BCUT2D eigenvalue weighted by Crippen LogP contribution is -2.21. The Labute approximate surface area is 126 Å². The van der Waals surface area contributed by atoms with Crippen LogP contribution in [0.15, 0.2) is 11.0 Å². The van der Waals surface area contributed by atoms with Crippen LogP contribution in [0.2, 0.25) is 0 Å². The van der Waals surface area contributed by atoms with Gasteiger partial charge in [0.05, 0.1) is 24.2 Å². The largest absolute Gasteiger partial charge is 0.491 e. The van der Waals surface area contributed by atoms with Crippen LogP contribution in [0.1, 0.15) is 22.8 Å². The Morgan fingerprint density at radius 1 is 1.43 bits per heavy atom. The van der Waals surface area contributed by atoms with E-state index in [0.29, 0.717) is 0 Å². The van der Waals surface area contributed by atoms with Crippen LogP contribution in [0.4, 0.5) is 18.9 Å². The van der Waals surface area contributed by atoms with E-state index in [2.05, 4.69) is 0 Å². The second kappa shape index (κ2) is 4.90. The van der Waals surface area contributed by atoms with E-state index in [9.17, 15) is 22.8 Å². The van der Waals surface area contributed by atoms with Crippen molar-refractivity contribution in [2.45, 2.75) is 18.6 Å². The number of anilines is 1. The minimum Gasteiger partial charge on any atom is -0.491 e. The molecule has 1 saturated carbocycles. The van der Waals surface area contributed by atoms with Gasteiger partial charge in [0.15, 0.2) is 11.6 Å². The van der Waals surface area contributed by atoms with Crippen LogP contribution in [-0.2, 0) is 0 Å². The average Bonchev–Trinajstić information content (AvgIpc) is 3.22. The molecule has 122 valence electrons. The van der Waals surface area contributed by atoms with Crippen molar-refractivity contribution in [2.24, 2.45) is 0 Å². The SMILES string of the molecule is COc1c(F)c(F)c(N)c2c(=O)c(C(=O)O)cn([C@@H]3C[C@@H]3F)c12. The molecule has 3 N–H and O–H groups in total. The Hall–Kier alpha value is -2.71. The van der Waals surface area contributed by atoms with Crippen LogP contribution in [-0.4, -0.2) is 28.9 Å². The first-order chi connectivity index (χ1) is 10.8. The first-order valence-corrected chi connectivity index (χ1v) is 6.56. The van der Waals surface area contributed by atoms with Gasteiger partial charge >= 0.3 is 5.97 Å². The van der Waals surface area contributed by atoms with E-state index < -0.39 is 57.6 Å². The Kier molecular flexibility index (Phi) is 3.24. The molecule has 2 atom stereocenters. The highest BCUT2D eigenvalue weighted by atomic mass is 19.2. The molecule has 0 bridgehead atoms. The van der Waals surface area contributed by atoms with Gasteiger partial charge in [0.25, 0.3) is 0 Å². The number of carbonyl (C=O) groups is 1. The smallest absolute Gasteiger partial charge is 0.341 e. The van der Waals surface area contributed by atoms with Crippen LogP contribution >= 0.6 is 0 Å². The van der Waals surface area contributed by atoms with Gasteiger partial charge in [0.1, 0.15) is 17.3 Å². The van der Waals surface area contributed by atoms with Gasteiger partial charge < -0.3 is 20.1 Å². The highest BCUT2D eigenvalue weighted by Crippen LogP contribution is 2.44. The molecule has 6 nitrogen and oxygen atoms in total. The normalized spacial score (nSPS) is 19.8. The van der Waals surface area contributed by atoms with Crippen molar-refractivity contribution in [3.63, 3.8) is 0 Å². The van der Waals surface area contributed by atoms with Crippen molar-refractivity contribution in [2.75, 3.05) is 12.8 Å². The lowest BCUT2D eigenvalue weighted by atomic mass is 10.1. The third-order valence-electron chi connectivity index (χ3n) is 3.82. The van der Waals surface area contributed by atoms with Crippen LogP contribution in [0.25, 0.3) is 10.9 Å². The molecule has 1 aliphatic carbocycles. The van der Waals surface area contributed by atoms with E-state index in [1.165, 1.54) is 0 Å². The minimum atomic E-state index is -1.58. The van der Waals surface area contributed by atoms with Crippen molar-refractivity contribution in [3.8, 4) is 5.75 Å². The molecule has 0 radical (unpaired) electrons. The molecule has 0 amide bonds. The molecule has 1 aliphatic rings. The predicted octanol–water partition coefficient (Wildman–Crippen LogP) is 1.85. The van der Waals surface area contributed by atoms with Crippen LogP contribution in [0.3, 0.4) is 0 Å². The zero-order chi connectivity index (χ0) is 17.0. The number of pyridine rings is 1. The molecule has 1 aromatic carbocycles. The van der Waals surface area contributed by atoms with Gasteiger partial charge in [0.2, 0.25) is 11.2 Å². The van der Waals surface area contributed by atoms with Gasteiger partial charge in [-0.25, -0.2) is 13.6 Å². The fourth-order valence-corrected chi connectivity index (χ4v) is 2.59. The molecule has 0 spiro atoms. The number of rotatable bonds is 3. The third kappa shape index (κ3) is 2.03. The number of nitrogens with two attached hydrogens (primary N) is 1. The van der Waals surface area contributed by atoms with Crippen LogP contribution in [0, 0.1) is 11.6 Å². The summed E-state index contributed by atoms with van der Waals surface area (Å²) >= 11 is 0. The molecule has 0 unspecified atom stereocenters. The number of nitrogen functional groups attached to an aromatic ring is 1. The molecule has 1 heterocycles. The maximum absolute atomic E-state index is 14.0. The number of methoxy groups -OCH3 is 1. The number of hydrogen-bond donors (Lipinski definition) is 2. The molecule has 2 aromatic rings. The molecule has 1 fully saturated rings. The summed E-state index contributed by atoms with van der Waals surface area (Å²) in [7, 11) is 1.05. The molecular weight excluding hydrogens is 317 g/mol. The second-order valence-electron chi connectivity index (χ2n) is 5.20. The van der Waals surface area contributed by atoms with E-state index >= 15 is 0 Å². The van der Waals surface area contributed by atoms with Crippen molar-refractivity contribution in [1.29, 1.82) is 0 Å². The van der Waals surface area contributed by atoms with Gasteiger partial charge in [-0.3, -0.25) is 4.79 Å². The molecule has 3 rings (SSSR count). The second-order valence-corrected chi connectivity index (χ2v) is 5.20. The van der Waals surface area contributed by atoms with Gasteiger partial charge in [0, 0.05) is 12.6 Å². The van der Waals surface area contributed by atoms with E-state index in [4.69, 9.17) is 15.6 Å². The minimum absolute atomic E-state index is 0.0546. The Morgan fingerprint density at radius 2 is 2.04 bits per heavy atom. The predicted molar refractivity (Wildman–Crippen MR) is 74.6 cm³/mol. The molecular formula is C14H11F3N2O4. The number of benzene rings is 1. The van der Waals surface area contributed by atoms with E-state index in [1.807, 2.05) is 0 Å². The summed E-state index contributed by atoms with van der Waals surface area (Å²) in [6.07, 6.45) is -0.336. The number of halogens is 3. The quantitative estimate of drug-likeness (QED) is 0.839. The highest BCUT2D eigenvalue weighted by Gasteiger charge is 2.41. The Bertz CT molecular complexity index is 910. The average molecular weight is 328 g/mol. The number of alkyl halides is 1. The summed E-state index contributed by atoms with van der Waals surface area (Å²) in [6.45, 7) is 0. The summed E-state index contributed by atoms with van der Waals surface area (Å²) in [5.41, 5.74) is 2.57. The number of ether oxygens (including phenoxy) is 1. The first kappa shape index (κ1) is 15.2. The number of fused-ring (bicyclic) bond motifs is 1. The number of aromatic nitrogens is 1. The van der Waals surface area contributed by atoms with Gasteiger partial charge in [-0.15, -0.1) is 0 Å². The van der Waals surface area contributed by atoms with Crippen molar-refractivity contribution in [1.82, 2.24) is 4.57 Å². The molecule has 1 aromatic heterocycles. The number of carboxylic acid groups (broad SMARTS) is 1. The zero-order valence-electron chi connectivity index (χ0n) is 11.8. The molecule has 0 aliphatic heterocycles. The number of aromatic carboxylic acids is 1. The summed E-state index contributed by atoms with van der Waals surface area (Å²) in [5.74, 6) is -5.15. The van der Waals surface area contributed by atoms with Gasteiger partial charge in [-0.05, 0) is 0 Å². The fraction of sp³-hybridized carbons (Fsp3) is 0.286. The fourth-order valence-electron chi connectivity index (χ4n) is 2.59. The Morgan fingerprint density at radius 3 is 2.52 bits per heavy atom. The zero-order valence-corrected chi connectivity index (χ0v) is 11.8. The monoisotopic (exact) mass is 328 g/mol. The number of carboxylic acids is 1. The van der Waals surface area contributed by atoms with E-state index in [1.54, 1.807) is 0 Å². The van der Waals surface area contributed by atoms with E-state index in [-0.39, 0.29) is 11.9 Å². The summed E-state index contributed by atoms with van der Waals surface area (Å²) in [6, 6.07) is -0.797. The van der Waals surface area contributed by atoms with Crippen molar-refractivity contribution >= 4 is 22.6 Å².